The molecule has 0 bridgehead atoms. The molecular weight excluding hydrogens is 381 g/mol. The zero-order valence-corrected chi connectivity index (χ0v) is 16.2. The number of carbonyl (C=O) groups is 1. The van der Waals surface area contributed by atoms with E-state index in [0.717, 1.165) is 31.6 Å². The first-order valence-corrected chi connectivity index (χ1v) is 9.98. The number of aryl methyl sites for hydroxylation is 1. The number of rotatable bonds is 5. The number of aromatic nitrogens is 3. The van der Waals surface area contributed by atoms with E-state index in [4.69, 9.17) is 4.42 Å². The minimum absolute atomic E-state index is 0.0517. The number of amides is 1. The molecule has 0 spiro atoms. The van der Waals surface area contributed by atoms with Gasteiger partial charge in [0, 0.05) is 16.9 Å². The van der Waals surface area contributed by atoms with Crippen LogP contribution in [0.1, 0.15) is 30.3 Å². The Bertz CT molecular complexity index is 947. The molecule has 3 aromatic rings. The summed E-state index contributed by atoms with van der Waals surface area (Å²) < 4.78 is 18.8. The highest BCUT2D eigenvalue weighted by molar-refractivity contribution is 7.13. The van der Waals surface area contributed by atoms with E-state index in [0.29, 0.717) is 29.0 Å². The van der Waals surface area contributed by atoms with Crippen molar-refractivity contribution < 1.29 is 13.6 Å². The number of hydrogen-bond acceptors (Lipinski definition) is 7. The number of nitrogens with one attached hydrogen (secondary N) is 1. The van der Waals surface area contributed by atoms with Crippen LogP contribution in [0.15, 0.2) is 34.1 Å². The van der Waals surface area contributed by atoms with Gasteiger partial charge in [-0.25, -0.2) is 9.37 Å². The van der Waals surface area contributed by atoms with Gasteiger partial charge in [0.2, 0.25) is 17.7 Å². The lowest BCUT2D eigenvalue weighted by Crippen LogP contribution is -2.38. The van der Waals surface area contributed by atoms with Crippen LogP contribution in [0.25, 0.3) is 11.5 Å². The number of nitrogens with zero attached hydrogens (tertiary/aromatic N) is 4. The quantitative estimate of drug-likeness (QED) is 0.705. The molecule has 1 aliphatic rings. The Morgan fingerprint density at radius 3 is 2.71 bits per heavy atom. The molecule has 28 heavy (non-hydrogen) atoms. The van der Waals surface area contributed by atoms with Gasteiger partial charge >= 0.3 is 0 Å². The Morgan fingerprint density at radius 1 is 1.29 bits per heavy atom. The largest absolute Gasteiger partial charge is 0.420 e. The lowest BCUT2D eigenvalue weighted by molar-refractivity contribution is -0.117. The number of anilines is 1. The van der Waals surface area contributed by atoms with Gasteiger partial charge in [-0.05, 0) is 57.1 Å². The second kappa shape index (κ2) is 8.15. The summed E-state index contributed by atoms with van der Waals surface area (Å²) >= 11 is 1.43. The maximum Gasteiger partial charge on any atom is 0.247 e. The average Bonchev–Trinajstić information content (AvgIpc) is 3.32. The zero-order valence-electron chi connectivity index (χ0n) is 15.4. The lowest BCUT2D eigenvalue weighted by Gasteiger charge is -2.29. The molecule has 1 fully saturated rings. The molecule has 0 radical (unpaired) electrons. The second-order valence-electron chi connectivity index (χ2n) is 6.84. The van der Waals surface area contributed by atoms with Crippen LogP contribution in [0.2, 0.25) is 0 Å². The van der Waals surface area contributed by atoms with Crippen molar-refractivity contribution in [2.24, 2.45) is 0 Å². The highest BCUT2D eigenvalue weighted by atomic mass is 32.1. The standard InChI is InChI=1S/C19H20FN5O2S/c1-12-11-28-19(21-12)22-16(26)10-25-8-6-14(7-9-25)18-24-23-17(27-18)13-2-4-15(20)5-3-13/h2-5,11,14H,6-10H2,1H3,(H,21,22,26). The van der Waals surface area contributed by atoms with Crippen molar-refractivity contribution in [3.8, 4) is 11.5 Å². The number of hydrogen-bond donors (Lipinski definition) is 1. The van der Waals surface area contributed by atoms with Crippen LogP contribution in [0.5, 0.6) is 0 Å². The van der Waals surface area contributed by atoms with Crippen LogP contribution in [0.4, 0.5) is 9.52 Å². The Morgan fingerprint density at radius 2 is 2.04 bits per heavy atom. The van der Waals surface area contributed by atoms with Gasteiger partial charge in [-0.3, -0.25) is 9.69 Å². The van der Waals surface area contributed by atoms with E-state index in [1.54, 1.807) is 12.1 Å². The summed E-state index contributed by atoms with van der Waals surface area (Å²) in [7, 11) is 0. The molecule has 146 valence electrons. The first kappa shape index (κ1) is 18.7. The Hall–Kier alpha value is -2.65. The van der Waals surface area contributed by atoms with Crippen molar-refractivity contribution in [2.45, 2.75) is 25.7 Å². The van der Waals surface area contributed by atoms with Crippen LogP contribution >= 0.6 is 11.3 Å². The van der Waals surface area contributed by atoms with Crippen LogP contribution in [0.3, 0.4) is 0 Å². The summed E-state index contributed by atoms with van der Waals surface area (Å²) in [5.41, 5.74) is 1.60. The fourth-order valence-corrected chi connectivity index (χ4v) is 3.92. The predicted molar refractivity (Wildman–Crippen MR) is 104 cm³/mol. The van der Waals surface area contributed by atoms with Crippen molar-refractivity contribution in [2.75, 3.05) is 25.0 Å². The summed E-state index contributed by atoms with van der Waals surface area (Å²) in [5, 5.41) is 13.6. The van der Waals surface area contributed by atoms with Crippen molar-refractivity contribution >= 4 is 22.4 Å². The van der Waals surface area contributed by atoms with Crippen molar-refractivity contribution in [1.29, 1.82) is 0 Å². The van der Waals surface area contributed by atoms with Gasteiger partial charge in [0.1, 0.15) is 5.82 Å². The first-order valence-electron chi connectivity index (χ1n) is 9.10. The van der Waals surface area contributed by atoms with Gasteiger partial charge in [-0.1, -0.05) is 0 Å². The summed E-state index contributed by atoms with van der Waals surface area (Å²) in [6, 6.07) is 5.99. The Labute approximate surface area is 165 Å². The number of piperidine rings is 1. The first-order chi connectivity index (χ1) is 13.6. The fraction of sp³-hybridized carbons (Fsp3) is 0.368. The fourth-order valence-electron chi connectivity index (χ4n) is 3.22. The molecule has 1 amide bonds. The SMILES string of the molecule is Cc1csc(NC(=O)CN2CCC(c3nnc(-c4ccc(F)cc4)o3)CC2)n1. The van der Waals surface area contributed by atoms with E-state index in [9.17, 15) is 9.18 Å². The summed E-state index contributed by atoms with van der Waals surface area (Å²) in [6.07, 6.45) is 1.68. The van der Waals surface area contributed by atoms with Crippen LogP contribution in [-0.2, 0) is 4.79 Å². The topological polar surface area (TPSA) is 84.2 Å². The van der Waals surface area contributed by atoms with E-state index < -0.39 is 0 Å². The predicted octanol–water partition coefficient (Wildman–Crippen LogP) is 3.46. The molecule has 7 nitrogen and oxygen atoms in total. The molecule has 1 saturated heterocycles. The molecule has 4 rings (SSSR count). The zero-order chi connectivity index (χ0) is 19.5. The molecule has 0 aliphatic carbocycles. The molecular formula is C19H20FN5O2S. The summed E-state index contributed by atoms with van der Waals surface area (Å²) in [4.78, 5) is 18.5. The third kappa shape index (κ3) is 4.42. The van der Waals surface area contributed by atoms with Crippen molar-refractivity contribution in [1.82, 2.24) is 20.1 Å². The van der Waals surface area contributed by atoms with Gasteiger partial charge in [0.15, 0.2) is 5.13 Å². The van der Waals surface area contributed by atoms with Gasteiger partial charge in [-0.15, -0.1) is 21.5 Å². The monoisotopic (exact) mass is 401 g/mol. The highest BCUT2D eigenvalue weighted by Gasteiger charge is 2.26. The molecule has 1 aliphatic heterocycles. The van der Waals surface area contributed by atoms with E-state index >= 15 is 0 Å². The van der Waals surface area contributed by atoms with E-state index in [2.05, 4.69) is 25.4 Å². The maximum atomic E-state index is 13.0. The van der Waals surface area contributed by atoms with Gasteiger partial charge in [0.25, 0.3) is 0 Å². The van der Waals surface area contributed by atoms with Gasteiger partial charge < -0.3 is 9.73 Å². The third-order valence-corrected chi connectivity index (χ3v) is 5.58. The third-order valence-electron chi connectivity index (χ3n) is 4.70. The molecule has 1 N–H and O–H groups in total. The summed E-state index contributed by atoms with van der Waals surface area (Å²) in [5.74, 6) is 0.814. The second-order valence-corrected chi connectivity index (χ2v) is 7.70. The van der Waals surface area contributed by atoms with E-state index in [1.807, 2.05) is 12.3 Å². The van der Waals surface area contributed by atoms with Gasteiger partial charge in [-0.2, -0.15) is 0 Å². The molecule has 2 aromatic heterocycles. The Balaban J connectivity index is 1.29. The molecule has 0 atom stereocenters. The smallest absolute Gasteiger partial charge is 0.247 e. The van der Waals surface area contributed by atoms with E-state index in [-0.39, 0.29) is 17.6 Å². The van der Waals surface area contributed by atoms with Crippen LogP contribution < -0.4 is 5.32 Å². The van der Waals surface area contributed by atoms with Crippen LogP contribution in [0, 0.1) is 12.7 Å². The molecule has 0 saturated carbocycles. The van der Waals surface area contributed by atoms with Crippen molar-refractivity contribution in [3.05, 3.63) is 47.0 Å². The molecule has 1 aromatic carbocycles. The molecule has 0 unspecified atom stereocenters. The maximum absolute atomic E-state index is 13.0. The minimum atomic E-state index is -0.301. The van der Waals surface area contributed by atoms with Crippen molar-refractivity contribution in [3.63, 3.8) is 0 Å². The minimum Gasteiger partial charge on any atom is -0.420 e. The van der Waals surface area contributed by atoms with Gasteiger partial charge in [0.05, 0.1) is 12.2 Å². The lowest BCUT2D eigenvalue weighted by atomic mass is 9.97. The average molecular weight is 401 g/mol. The van der Waals surface area contributed by atoms with Crippen LogP contribution in [-0.4, -0.2) is 45.6 Å². The number of thiazole rings is 1. The molecule has 9 heteroatoms. The number of benzene rings is 1. The molecule has 3 heterocycles. The number of carbonyl (C=O) groups excluding carboxylic acids is 1. The number of likely N-dealkylation sites (tertiary alicyclic amines) is 1. The van der Waals surface area contributed by atoms with E-state index in [1.165, 1.54) is 23.5 Å². The highest BCUT2D eigenvalue weighted by Crippen LogP contribution is 2.29. The summed E-state index contributed by atoms with van der Waals surface area (Å²) in [6.45, 7) is 3.80. The normalized spacial score (nSPS) is 15.6. The number of halogens is 1. The Kier molecular flexibility index (Phi) is 5.45.